The number of amides is 2. The van der Waals surface area contributed by atoms with Gasteiger partial charge in [-0.25, -0.2) is 4.98 Å². The number of ether oxygens (including phenoxy) is 2. The largest absolute Gasteiger partial charge is 0.493 e. The standard InChI is InChI=1S/C22H28N4O4/c1-15-23-12-17(24-15)20(27)26-11-9-22(14-26)8-5-10-25(21(22)28)13-16-6-4-7-18(29-2)19(16)30-3/h4,6-7,12H,5,8-11,13-14H2,1-3H3,(H,23,24)/t22-/m1/s1. The fourth-order valence-electron chi connectivity index (χ4n) is 4.71. The average molecular weight is 412 g/mol. The van der Waals surface area contributed by atoms with E-state index >= 15 is 0 Å². The smallest absolute Gasteiger partial charge is 0.271 e. The number of carbonyl (C=O) groups excluding carboxylic acids is 2. The molecule has 2 amide bonds. The summed E-state index contributed by atoms with van der Waals surface area (Å²) in [4.78, 5) is 37.1. The Morgan fingerprint density at radius 3 is 2.77 bits per heavy atom. The number of aromatic nitrogens is 2. The first-order chi connectivity index (χ1) is 14.5. The number of aryl methyl sites for hydroxylation is 1. The number of piperidine rings is 1. The number of aromatic amines is 1. The summed E-state index contributed by atoms with van der Waals surface area (Å²) in [5, 5.41) is 0. The first-order valence-corrected chi connectivity index (χ1v) is 10.3. The number of methoxy groups -OCH3 is 2. The van der Waals surface area contributed by atoms with Gasteiger partial charge in [-0.2, -0.15) is 0 Å². The SMILES string of the molecule is COc1cccc(CN2CCC[C@]3(CCN(C(=O)c4cnc(C)[nH]4)C3)C2=O)c1OC. The third kappa shape index (κ3) is 3.51. The molecule has 2 aliphatic rings. The van der Waals surface area contributed by atoms with E-state index in [2.05, 4.69) is 9.97 Å². The molecular formula is C22H28N4O4. The molecule has 3 heterocycles. The third-order valence-electron chi connectivity index (χ3n) is 6.24. The predicted molar refractivity (Wildman–Crippen MR) is 110 cm³/mol. The summed E-state index contributed by atoms with van der Waals surface area (Å²) in [6.07, 6.45) is 3.98. The Bertz CT molecular complexity index is 956. The zero-order chi connectivity index (χ0) is 21.3. The molecule has 0 unspecified atom stereocenters. The zero-order valence-electron chi connectivity index (χ0n) is 17.7. The van der Waals surface area contributed by atoms with E-state index in [0.717, 1.165) is 18.4 Å². The Balaban J connectivity index is 1.51. The van der Waals surface area contributed by atoms with Crippen LogP contribution in [0.1, 0.15) is 41.1 Å². The summed E-state index contributed by atoms with van der Waals surface area (Å²) in [5.74, 6) is 2.05. The van der Waals surface area contributed by atoms with Crippen molar-refractivity contribution in [1.82, 2.24) is 19.8 Å². The van der Waals surface area contributed by atoms with E-state index in [0.29, 0.717) is 55.6 Å². The van der Waals surface area contributed by atoms with E-state index in [1.54, 1.807) is 25.3 Å². The van der Waals surface area contributed by atoms with Crippen molar-refractivity contribution in [3.8, 4) is 11.5 Å². The monoisotopic (exact) mass is 412 g/mol. The Hall–Kier alpha value is -3.03. The summed E-state index contributed by atoms with van der Waals surface area (Å²) in [6.45, 7) is 4.02. The summed E-state index contributed by atoms with van der Waals surface area (Å²) < 4.78 is 10.9. The lowest BCUT2D eigenvalue weighted by Gasteiger charge is -2.39. The van der Waals surface area contributed by atoms with Crippen LogP contribution in [0.15, 0.2) is 24.4 Å². The lowest BCUT2D eigenvalue weighted by molar-refractivity contribution is -0.146. The molecule has 2 fully saturated rings. The highest BCUT2D eigenvalue weighted by Crippen LogP contribution is 2.41. The van der Waals surface area contributed by atoms with E-state index < -0.39 is 5.41 Å². The molecule has 1 aromatic carbocycles. The maximum absolute atomic E-state index is 13.5. The van der Waals surface area contributed by atoms with Gasteiger partial charge in [0, 0.05) is 31.7 Å². The van der Waals surface area contributed by atoms with Gasteiger partial charge in [0.25, 0.3) is 5.91 Å². The molecule has 4 rings (SSSR count). The topological polar surface area (TPSA) is 87.8 Å². The van der Waals surface area contributed by atoms with Crippen molar-refractivity contribution in [2.24, 2.45) is 5.41 Å². The summed E-state index contributed by atoms with van der Waals surface area (Å²) in [6, 6.07) is 5.71. The number of likely N-dealkylation sites (tertiary alicyclic amines) is 2. The third-order valence-corrected chi connectivity index (χ3v) is 6.24. The minimum atomic E-state index is -0.505. The van der Waals surface area contributed by atoms with E-state index in [9.17, 15) is 9.59 Å². The number of imidazole rings is 1. The Labute approximate surface area is 176 Å². The summed E-state index contributed by atoms with van der Waals surface area (Å²) in [5.41, 5.74) is 0.890. The minimum Gasteiger partial charge on any atom is -0.493 e. The molecule has 8 nitrogen and oxygen atoms in total. The molecule has 0 radical (unpaired) electrons. The van der Waals surface area contributed by atoms with Gasteiger partial charge >= 0.3 is 0 Å². The maximum Gasteiger partial charge on any atom is 0.271 e. The number of H-pyrrole nitrogens is 1. The van der Waals surface area contributed by atoms with E-state index in [4.69, 9.17) is 9.47 Å². The summed E-state index contributed by atoms with van der Waals surface area (Å²) >= 11 is 0. The van der Waals surface area contributed by atoms with Crippen molar-refractivity contribution in [1.29, 1.82) is 0 Å². The number of carbonyl (C=O) groups is 2. The zero-order valence-corrected chi connectivity index (χ0v) is 17.7. The van der Waals surface area contributed by atoms with E-state index in [-0.39, 0.29) is 11.8 Å². The molecule has 160 valence electrons. The first kappa shape index (κ1) is 20.3. The second-order valence-electron chi connectivity index (χ2n) is 8.12. The number of para-hydroxylation sites is 1. The van der Waals surface area contributed by atoms with Crippen LogP contribution in [-0.4, -0.2) is 65.4 Å². The van der Waals surface area contributed by atoms with Crippen LogP contribution in [-0.2, 0) is 11.3 Å². The lowest BCUT2D eigenvalue weighted by Crippen LogP contribution is -2.50. The molecule has 2 saturated heterocycles. The van der Waals surface area contributed by atoms with Gasteiger partial charge in [-0.1, -0.05) is 12.1 Å². The van der Waals surface area contributed by atoms with Gasteiger partial charge < -0.3 is 24.3 Å². The molecule has 1 aromatic heterocycles. The molecular weight excluding hydrogens is 384 g/mol. The van der Waals surface area contributed by atoms with E-state index in [1.165, 1.54) is 0 Å². The van der Waals surface area contributed by atoms with E-state index in [1.807, 2.05) is 30.0 Å². The van der Waals surface area contributed by atoms with Crippen LogP contribution in [0, 0.1) is 12.3 Å². The van der Waals surface area contributed by atoms with Crippen molar-refractivity contribution in [2.45, 2.75) is 32.7 Å². The molecule has 2 aromatic rings. The highest BCUT2D eigenvalue weighted by Gasteiger charge is 2.49. The normalized spacial score (nSPS) is 21.4. The molecule has 1 spiro atoms. The molecule has 0 aliphatic carbocycles. The van der Waals surface area contributed by atoms with Gasteiger partial charge in [0.2, 0.25) is 5.91 Å². The molecule has 1 N–H and O–H groups in total. The Kier molecular flexibility index (Phi) is 5.40. The highest BCUT2D eigenvalue weighted by atomic mass is 16.5. The van der Waals surface area contributed by atoms with Crippen LogP contribution in [0.3, 0.4) is 0 Å². The number of hydrogen-bond acceptors (Lipinski definition) is 5. The second-order valence-corrected chi connectivity index (χ2v) is 8.12. The molecule has 0 bridgehead atoms. The lowest BCUT2D eigenvalue weighted by atomic mass is 9.78. The van der Waals surface area contributed by atoms with Crippen LogP contribution in [0.25, 0.3) is 0 Å². The molecule has 0 saturated carbocycles. The van der Waals surface area contributed by atoms with Crippen LogP contribution in [0.5, 0.6) is 11.5 Å². The number of benzene rings is 1. The van der Waals surface area contributed by atoms with Crippen LogP contribution in [0.2, 0.25) is 0 Å². The number of rotatable bonds is 5. The maximum atomic E-state index is 13.5. The van der Waals surface area contributed by atoms with Crippen molar-refractivity contribution >= 4 is 11.8 Å². The average Bonchev–Trinajstić information content (AvgIpc) is 3.38. The predicted octanol–water partition coefficient (Wildman–Crippen LogP) is 2.39. The number of hydrogen-bond donors (Lipinski definition) is 1. The van der Waals surface area contributed by atoms with Crippen LogP contribution >= 0.6 is 0 Å². The highest BCUT2D eigenvalue weighted by molar-refractivity contribution is 5.93. The Morgan fingerprint density at radius 1 is 1.23 bits per heavy atom. The number of nitrogens with zero attached hydrogens (tertiary/aromatic N) is 3. The van der Waals surface area contributed by atoms with Gasteiger partial charge in [0.05, 0.1) is 25.8 Å². The quantitative estimate of drug-likeness (QED) is 0.815. The van der Waals surface area contributed by atoms with Crippen molar-refractivity contribution in [3.05, 3.63) is 41.5 Å². The van der Waals surface area contributed by atoms with Crippen LogP contribution < -0.4 is 9.47 Å². The van der Waals surface area contributed by atoms with Gasteiger partial charge in [0.15, 0.2) is 11.5 Å². The first-order valence-electron chi connectivity index (χ1n) is 10.3. The van der Waals surface area contributed by atoms with Crippen molar-refractivity contribution in [3.63, 3.8) is 0 Å². The molecule has 8 heteroatoms. The van der Waals surface area contributed by atoms with Gasteiger partial charge in [-0.15, -0.1) is 0 Å². The second kappa shape index (κ2) is 8.01. The Morgan fingerprint density at radius 2 is 2.07 bits per heavy atom. The minimum absolute atomic E-state index is 0.0909. The summed E-state index contributed by atoms with van der Waals surface area (Å²) in [7, 11) is 3.21. The van der Waals surface area contributed by atoms with Gasteiger partial charge in [0.1, 0.15) is 11.5 Å². The van der Waals surface area contributed by atoms with Crippen LogP contribution in [0.4, 0.5) is 0 Å². The molecule has 30 heavy (non-hydrogen) atoms. The van der Waals surface area contributed by atoms with Crippen molar-refractivity contribution in [2.75, 3.05) is 33.9 Å². The fourth-order valence-corrected chi connectivity index (χ4v) is 4.71. The molecule has 1 atom stereocenters. The number of nitrogens with one attached hydrogen (secondary N) is 1. The van der Waals surface area contributed by atoms with Gasteiger partial charge in [-0.05, 0) is 32.3 Å². The van der Waals surface area contributed by atoms with Gasteiger partial charge in [-0.3, -0.25) is 9.59 Å². The van der Waals surface area contributed by atoms with Crippen molar-refractivity contribution < 1.29 is 19.1 Å². The molecule has 2 aliphatic heterocycles. The fraction of sp³-hybridized carbons (Fsp3) is 0.500.